The van der Waals surface area contributed by atoms with Crippen molar-refractivity contribution < 1.29 is 12.8 Å². The lowest BCUT2D eigenvalue weighted by atomic mass is 10.3. The Labute approximate surface area is 113 Å². The Morgan fingerprint density at radius 3 is 2.68 bits per heavy atom. The third kappa shape index (κ3) is 2.83. The van der Waals surface area contributed by atoms with Gasteiger partial charge in [-0.2, -0.15) is 5.26 Å². The average molecular weight is 297 g/mol. The van der Waals surface area contributed by atoms with E-state index in [1.54, 1.807) is 0 Å². The lowest BCUT2D eigenvalue weighted by Crippen LogP contribution is -2.12. The summed E-state index contributed by atoms with van der Waals surface area (Å²) in [6.45, 7) is 0. The number of hydrogen-bond donors (Lipinski definition) is 2. The second kappa shape index (κ2) is 4.87. The van der Waals surface area contributed by atoms with E-state index in [1.807, 2.05) is 6.07 Å². The zero-order valence-corrected chi connectivity index (χ0v) is 11.1. The number of rotatable bonds is 3. The predicted molar refractivity (Wildman–Crippen MR) is 70.7 cm³/mol. The van der Waals surface area contributed by atoms with Gasteiger partial charge >= 0.3 is 0 Å². The van der Waals surface area contributed by atoms with Crippen LogP contribution >= 0.6 is 11.3 Å². The highest BCUT2D eigenvalue weighted by Gasteiger charge is 2.18. The molecule has 0 atom stereocenters. The lowest BCUT2D eigenvalue weighted by Gasteiger charge is -2.07. The fraction of sp³-hybridized carbons (Fsp3) is 0. The summed E-state index contributed by atoms with van der Waals surface area (Å²) in [5.74, 6) is -0.727. The highest BCUT2D eigenvalue weighted by molar-refractivity contribution is 7.94. The van der Waals surface area contributed by atoms with E-state index in [0.29, 0.717) is 0 Å². The van der Waals surface area contributed by atoms with E-state index in [1.165, 1.54) is 24.3 Å². The smallest absolute Gasteiger partial charge is 0.271 e. The van der Waals surface area contributed by atoms with Crippen LogP contribution in [-0.4, -0.2) is 8.42 Å². The standard InChI is InChI=1S/C11H8FN3O2S2/c12-9-3-1-7(14)5-10(9)15-19(16,17)11-4-2-8(6-13)18-11/h1-5,15H,14H2. The summed E-state index contributed by atoms with van der Waals surface area (Å²) in [5, 5.41) is 8.66. The van der Waals surface area contributed by atoms with Crippen molar-refractivity contribution in [3.05, 3.63) is 41.0 Å². The molecule has 1 aromatic heterocycles. The van der Waals surface area contributed by atoms with Crippen molar-refractivity contribution in [3.8, 4) is 6.07 Å². The minimum Gasteiger partial charge on any atom is -0.399 e. The van der Waals surface area contributed by atoms with E-state index in [-0.39, 0.29) is 20.5 Å². The molecule has 0 fully saturated rings. The van der Waals surface area contributed by atoms with E-state index in [4.69, 9.17) is 11.0 Å². The van der Waals surface area contributed by atoms with E-state index in [0.717, 1.165) is 17.4 Å². The van der Waals surface area contributed by atoms with Gasteiger partial charge < -0.3 is 5.73 Å². The number of nitrogen functional groups attached to an aromatic ring is 1. The number of hydrogen-bond acceptors (Lipinski definition) is 5. The maximum Gasteiger partial charge on any atom is 0.271 e. The van der Waals surface area contributed by atoms with Crippen LogP contribution in [0, 0.1) is 17.1 Å². The molecule has 0 saturated carbocycles. The molecule has 5 nitrogen and oxygen atoms in total. The van der Waals surface area contributed by atoms with Gasteiger partial charge in [0.1, 0.15) is 21.0 Å². The quantitative estimate of drug-likeness (QED) is 0.848. The molecule has 8 heteroatoms. The molecule has 2 rings (SSSR count). The van der Waals surface area contributed by atoms with E-state index < -0.39 is 15.8 Å². The van der Waals surface area contributed by atoms with Gasteiger partial charge in [-0.05, 0) is 30.3 Å². The van der Waals surface area contributed by atoms with Crippen LogP contribution in [0.15, 0.2) is 34.5 Å². The Morgan fingerprint density at radius 2 is 2.05 bits per heavy atom. The number of sulfonamides is 1. The first-order valence-electron chi connectivity index (χ1n) is 5.00. The largest absolute Gasteiger partial charge is 0.399 e. The zero-order chi connectivity index (χ0) is 14.0. The van der Waals surface area contributed by atoms with Crippen LogP contribution < -0.4 is 10.5 Å². The highest BCUT2D eigenvalue weighted by atomic mass is 32.2. The van der Waals surface area contributed by atoms with Gasteiger partial charge in [0.25, 0.3) is 10.0 Å². The monoisotopic (exact) mass is 297 g/mol. The first-order chi connectivity index (χ1) is 8.92. The molecule has 19 heavy (non-hydrogen) atoms. The fourth-order valence-corrected chi connectivity index (χ4v) is 3.50. The van der Waals surface area contributed by atoms with E-state index in [2.05, 4.69) is 4.72 Å². The Hall–Kier alpha value is -2.11. The first-order valence-corrected chi connectivity index (χ1v) is 7.30. The number of nitriles is 1. The van der Waals surface area contributed by atoms with Gasteiger partial charge in [-0.3, -0.25) is 4.72 Å². The molecule has 0 unspecified atom stereocenters. The molecular formula is C11H8FN3O2S2. The van der Waals surface area contributed by atoms with Gasteiger partial charge in [-0.25, -0.2) is 12.8 Å². The number of nitrogens with two attached hydrogens (primary N) is 1. The van der Waals surface area contributed by atoms with Gasteiger partial charge in [0.05, 0.1) is 5.69 Å². The molecule has 3 N–H and O–H groups in total. The highest BCUT2D eigenvalue weighted by Crippen LogP contribution is 2.25. The van der Waals surface area contributed by atoms with Crippen molar-refractivity contribution in [2.75, 3.05) is 10.5 Å². The maximum atomic E-state index is 13.5. The van der Waals surface area contributed by atoms with Gasteiger partial charge in [-0.1, -0.05) is 0 Å². The number of nitrogens with zero attached hydrogens (tertiary/aromatic N) is 1. The third-order valence-corrected chi connectivity index (χ3v) is 5.04. The maximum absolute atomic E-state index is 13.5. The molecule has 0 saturated heterocycles. The molecule has 1 heterocycles. The Kier molecular flexibility index (Phi) is 3.42. The zero-order valence-electron chi connectivity index (χ0n) is 9.42. The summed E-state index contributed by atoms with van der Waals surface area (Å²) in [5.41, 5.74) is 5.48. The van der Waals surface area contributed by atoms with Crippen molar-refractivity contribution in [1.82, 2.24) is 0 Å². The molecule has 0 aliphatic heterocycles. The normalized spacial score (nSPS) is 10.9. The summed E-state index contributed by atoms with van der Waals surface area (Å²) < 4.78 is 39.4. The molecule has 0 aliphatic carbocycles. The summed E-state index contributed by atoms with van der Waals surface area (Å²) in [7, 11) is -3.92. The number of benzene rings is 1. The minimum absolute atomic E-state index is 0.0640. The first kappa shape index (κ1) is 13.3. The SMILES string of the molecule is N#Cc1ccc(S(=O)(=O)Nc2cc(N)ccc2F)s1. The second-order valence-corrected chi connectivity index (χ2v) is 6.57. The Balaban J connectivity index is 2.36. The second-order valence-electron chi connectivity index (χ2n) is 3.58. The van der Waals surface area contributed by atoms with Crippen LogP contribution in [0.3, 0.4) is 0 Å². The number of anilines is 2. The van der Waals surface area contributed by atoms with Gasteiger partial charge in [0.15, 0.2) is 0 Å². The van der Waals surface area contributed by atoms with Crippen LogP contribution in [-0.2, 0) is 10.0 Å². The number of halogens is 1. The van der Waals surface area contributed by atoms with E-state index in [9.17, 15) is 12.8 Å². The molecular weight excluding hydrogens is 289 g/mol. The van der Waals surface area contributed by atoms with Gasteiger partial charge in [0, 0.05) is 5.69 Å². The summed E-state index contributed by atoms with van der Waals surface area (Å²) in [6, 6.07) is 8.09. The minimum atomic E-state index is -3.92. The van der Waals surface area contributed by atoms with Crippen molar-refractivity contribution >= 4 is 32.7 Å². The molecule has 98 valence electrons. The molecule has 0 radical (unpaired) electrons. The predicted octanol–water partition coefficient (Wildman–Crippen LogP) is 2.14. The van der Waals surface area contributed by atoms with Crippen LogP contribution in [0.25, 0.3) is 0 Å². The fourth-order valence-electron chi connectivity index (χ4n) is 1.34. The van der Waals surface area contributed by atoms with E-state index >= 15 is 0 Å². The molecule has 0 amide bonds. The van der Waals surface area contributed by atoms with Crippen molar-refractivity contribution in [2.45, 2.75) is 4.21 Å². The van der Waals surface area contributed by atoms with Crippen molar-refractivity contribution in [3.63, 3.8) is 0 Å². The molecule has 0 spiro atoms. The van der Waals surface area contributed by atoms with Crippen LogP contribution in [0.5, 0.6) is 0 Å². The summed E-state index contributed by atoms with van der Waals surface area (Å²) >= 11 is 0.804. The number of nitrogens with one attached hydrogen (secondary N) is 1. The average Bonchev–Trinajstić information content (AvgIpc) is 2.83. The van der Waals surface area contributed by atoms with Crippen LogP contribution in [0.4, 0.5) is 15.8 Å². The van der Waals surface area contributed by atoms with Crippen molar-refractivity contribution in [1.29, 1.82) is 5.26 Å². The molecule has 2 aromatic rings. The summed E-state index contributed by atoms with van der Waals surface area (Å²) in [4.78, 5) is 0.258. The topological polar surface area (TPSA) is 96.0 Å². The van der Waals surface area contributed by atoms with Gasteiger partial charge in [-0.15, -0.1) is 11.3 Å². The lowest BCUT2D eigenvalue weighted by molar-refractivity contribution is 0.600. The molecule has 0 aliphatic rings. The number of thiophene rings is 1. The van der Waals surface area contributed by atoms with Gasteiger partial charge in [0.2, 0.25) is 0 Å². The molecule has 1 aromatic carbocycles. The molecule has 0 bridgehead atoms. The van der Waals surface area contributed by atoms with Crippen LogP contribution in [0.2, 0.25) is 0 Å². The Bertz CT molecular complexity index is 762. The van der Waals surface area contributed by atoms with Crippen LogP contribution in [0.1, 0.15) is 4.88 Å². The third-order valence-electron chi connectivity index (χ3n) is 2.19. The Morgan fingerprint density at radius 1 is 1.32 bits per heavy atom. The van der Waals surface area contributed by atoms with Crippen molar-refractivity contribution in [2.24, 2.45) is 0 Å². The summed E-state index contributed by atoms with van der Waals surface area (Å²) in [6.07, 6.45) is 0.